The number of benzene rings is 1. The summed E-state index contributed by atoms with van der Waals surface area (Å²) in [4.78, 5) is 12.3. The topological polar surface area (TPSA) is 78.6 Å². The van der Waals surface area contributed by atoms with Gasteiger partial charge < -0.3 is 21.1 Å². The SMILES string of the molecule is CN(CCCCNC(=O)O)c1ccc(N)cc1. The summed E-state index contributed by atoms with van der Waals surface area (Å²) in [6, 6.07) is 7.70. The van der Waals surface area contributed by atoms with Crippen LogP contribution in [0.25, 0.3) is 0 Å². The van der Waals surface area contributed by atoms with Crippen LogP contribution in [0.1, 0.15) is 12.8 Å². The lowest BCUT2D eigenvalue weighted by Gasteiger charge is -2.19. The van der Waals surface area contributed by atoms with E-state index in [0.29, 0.717) is 6.54 Å². The van der Waals surface area contributed by atoms with Gasteiger partial charge in [-0.05, 0) is 37.1 Å². The lowest BCUT2D eigenvalue weighted by atomic mass is 10.2. The van der Waals surface area contributed by atoms with Gasteiger partial charge in [0.15, 0.2) is 0 Å². The first-order chi connectivity index (χ1) is 8.09. The molecule has 0 saturated heterocycles. The minimum Gasteiger partial charge on any atom is -0.465 e. The highest BCUT2D eigenvalue weighted by Gasteiger charge is 2.00. The fourth-order valence-corrected chi connectivity index (χ4v) is 1.53. The molecule has 0 aliphatic rings. The fourth-order valence-electron chi connectivity index (χ4n) is 1.53. The molecule has 0 aliphatic heterocycles. The molecule has 0 unspecified atom stereocenters. The molecule has 17 heavy (non-hydrogen) atoms. The van der Waals surface area contributed by atoms with Crippen molar-refractivity contribution in [3.05, 3.63) is 24.3 Å². The van der Waals surface area contributed by atoms with Crippen LogP contribution in [0.4, 0.5) is 16.2 Å². The number of carbonyl (C=O) groups is 1. The van der Waals surface area contributed by atoms with Crippen molar-refractivity contribution >= 4 is 17.5 Å². The normalized spacial score (nSPS) is 9.94. The summed E-state index contributed by atoms with van der Waals surface area (Å²) in [6.45, 7) is 1.40. The second-order valence-electron chi connectivity index (χ2n) is 3.95. The number of nitrogens with zero attached hydrogens (tertiary/aromatic N) is 1. The number of amides is 1. The molecule has 0 atom stereocenters. The van der Waals surface area contributed by atoms with Crippen LogP contribution < -0.4 is 16.0 Å². The van der Waals surface area contributed by atoms with Crippen molar-refractivity contribution < 1.29 is 9.90 Å². The average Bonchev–Trinajstić information content (AvgIpc) is 2.29. The molecule has 0 spiro atoms. The van der Waals surface area contributed by atoms with Gasteiger partial charge >= 0.3 is 6.09 Å². The minimum absolute atomic E-state index is 0.505. The van der Waals surface area contributed by atoms with Crippen LogP contribution in [-0.2, 0) is 0 Å². The van der Waals surface area contributed by atoms with E-state index < -0.39 is 6.09 Å². The molecule has 0 radical (unpaired) electrons. The fraction of sp³-hybridized carbons (Fsp3) is 0.417. The first-order valence-corrected chi connectivity index (χ1v) is 5.63. The Hall–Kier alpha value is -1.91. The Morgan fingerprint density at radius 1 is 1.35 bits per heavy atom. The van der Waals surface area contributed by atoms with E-state index in [-0.39, 0.29) is 0 Å². The monoisotopic (exact) mass is 237 g/mol. The maximum Gasteiger partial charge on any atom is 0.404 e. The second kappa shape index (κ2) is 6.62. The number of nitrogens with one attached hydrogen (secondary N) is 1. The zero-order chi connectivity index (χ0) is 12.7. The number of anilines is 2. The van der Waals surface area contributed by atoms with Gasteiger partial charge in [0.1, 0.15) is 0 Å². The Kier molecular flexibility index (Phi) is 5.13. The summed E-state index contributed by atoms with van der Waals surface area (Å²) in [5.74, 6) is 0. The molecule has 1 aromatic rings. The number of carboxylic acid groups (broad SMARTS) is 1. The number of hydrogen-bond acceptors (Lipinski definition) is 3. The predicted octanol–water partition coefficient (Wildman–Crippen LogP) is 1.75. The Labute approximate surface area is 101 Å². The third-order valence-electron chi connectivity index (χ3n) is 2.53. The van der Waals surface area contributed by atoms with Crippen molar-refractivity contribution in [3.8, 4) is 0 Å². The molecule has 0 bridgehead atoms. The Morgan fingerprint density at radius 2 is 2.00 bits per heavy atom. The van der Waals surface area contributed by atoms with E-state index in [1.54, 1.807) is 0 Å². The van der Waals surface area contributed by atoms with Crippen molar-refractivity contribution in [1.29, 1.82) is 0 Å². The number of unbranched alkanes of at least 4 members (excludes halogenated alkanes) is 1. The third kappa shape index (κ3) is 5.10. The number of hydrogen-bond donors (Lipinski definition) is 3. The molecule has 0 saturated carbocycles. The van der Waals surface area contributed by atoms with Crippen LogP contribution in [0.2, 0.25) is 0 Å². The summed E-state index contributed by atoms with van der Waals surface area (Å²) in [6.07, 6.45) is 0.823. The van der Waals surface area contributed by atoms with Gasteiger partial charge in [0.25, 0.3) is 0 Å². The van der Waals surface area contributed by atoms with Crippen LogP contribution in [0.15, 0.2) is 24.3 Å². The van der Waals surface area contributed by atoms with E-state index >= 15 is 0 Å². The number of rotatable bonds is 6. The first-order valence-electron chi connectivity index (χ1n) is 5.63. The molecule has 5 heteroatoms. The van der Waals surface area contributed by atoms with Gasteiger partial charge in [0, 0.05) is 31.5 Å². The van der Waals surface area contributed by atoms with Gasteiger partial charge in [-0.3, -0.25) is 0 Å². The summed E-state index contributed by atoms with van der Waals surface area (Å²) in [5.41, 5.74) is 7.49. The van der Waals surface area contributed by atoms with Gasteiger partial charge in [-0.25, -0.2) is 4.79 Å². The molecular formula is C12H19N3O2. The molecule has 4 N–H and O–H groups in total. The van der Waals surface area contributed by atoms with Crippen molar-refractivity contribution in [3.63, 3.8) is 0 Å². The zero-order valence-electron chi connectivity index (χ0n) is 10.0. The maximum atomic E-state index is 10.2. The lowest BCUT2D eigenvalue weighted by Crippen LogP contribution is -2.24. The number of nitrogen functional groups attached to an aromatic ring is 1. The van der Waals surface area contributed by atoms with Gasteiger partial charge in [0.05, 0.1) is 0 Å². The predicted molar refractivity (Wildman–Crippen MR) is 69.4 cm³/mol. The Balaban J connectivity index is 2.23. The largest absolute Gasteiger partial charge is 0.465 e. The quantitative estimate of drug-likeness (QED) is 0.520. The van der Waals surface area contributed by atoms with E-state index in [9.17, 15) is 4.79 Å². The molecule has 94 valence electrons. The van der Waals surface area contributed by atoms with Crippen molar-refractivity contribution in [2.45, 2.75) is 12.8 Å². The molecule has 0 aromatic heterocycles. The molecule has 1 aromatic carbocycles. The van der Waals surface area contributed by atoms with Gasteiger partial charge in [-0.2, -0.15) is 0 Å². The van der Waals surface area contributed by atoms with Crippen LogP contribution in [0.5, 0.6) is 0 Å². The van der Waals surface area contributed by atoms with E-state index in [4.69, 9.17) is 10.8 Å². The molecule has 0 heterocycles. The van der Waals surface area contributed by atoms with Crippen LogP contribution in [0, 0.1) is 0 Å². The smallest absolute Gasteiger partial charge is 0.404 e. The zero-order valence-corrected chi connectivity index (χ0v) is 10.0. The highest BCUT2D eigenvalue weighted by atomic mass is 16.4. The van der Waals surface area contributed by atoms with Crippen LogP contribution >= 0.6 is 0 Å². The molecule has 5 nitrogen and oxygen atoms in total. The average molecular weight is 237 g/mol. The van der Waals surface area contributed by atoms with Gasteiger partial charge in [0.2, 0.25) is 0 Å². The van der Waals surface area contributed by atoms with Crippen molar-refractivity contribution in [2.24, 2.45) is 0 Å². The van der Waals surface area contributed by atoms with E-state index in [1.807, 2.05) is 31.3 Å². The molecular weight excluding hydrogens is 218 g/mol. The molecule has 0 aliphatic carbocycles. The molecule has 0 fully saturated rings. The van der Waals surface area contributed by atoms with E-state index in [0.717, 1.165) is 30.8 Å². The summed E-state index contributed by atoms with van der Waals surface area (Å²) in [5, 5.41) is 10.7. The minimum atomic E-state index is -0.961. The third-order valence-corrected chi connectivity index (χ3v) is 2.53. The van der Waals surface area contributed by atoms with Gasteiger partial charge in [-0.15, -0.1) is 0 Å². The highest BCUT2D eigenvalue weighted by Crippen LogP contribution is 2.14. The van der Waals surface area contributed by atoms with Crippen LogP contribution in [-0.4, -0.2) is 31.3 Å². The van der Waals surface area contributed by atoms with Crippen molar-refractivity contribution in [2.75, 3.05) is 30.8 Å². The van der Waals surface area contributed by atoms with Crippen molar-refractivity contribution in [1.82, 2.24) is 5.32 Å². The molecule has 1 rings (SSSR count). The summed E-state index contributed by atoms with van der Waals surface area (Å²) < 4.78 is 0. The second-order valence-corrected chi connectivity index (χ2v) is 3.95. The summed E-state index contributed by atoms with van der Waals surface area (Å²) >= 11 is 0. The first kappa shape index (κ1) is 13.2. The van der Waals surface area contributed by atoms with Crippen LogP contribution in [0.3, 0.4) is 0 Å². The van der Waals surface area contributed by atoms with E-state index in [2.05, 4.69) is 10.2 Å². The highest BCUT2D eigenvalue weighted by molar-refractivity contribution is 5.64. The molecule has 1 amide bonds. The van der Waals surface area contributed by atoms with Gasteiger partial charge in [-0.1, -0.05) is 0 Å². The maximum absolute atomic E-state index is 10.2. The Bertz CT molecular complexity index is 351. The Morgan fingerprint density at radius 3 is 2.59 bits per heavy atom. The van der Waals surface area contributed by atoms with E-state index in [1.165, 1.54) is 0 Å². The number of nitrogens with two attached hydrogens (primary N) is 1. The standard InChI is InChI=1S/C12H19N3O2/c1-15(9-3-2-8-14-12(16)17)11-6-4-10(13)5-7-11/h4-7,14H,2-3,8-9,13H2,1H3,(H,16,17). The summed E-state index contributed by atoms with van der Waals surface area (Å²) in [7, 11) is 2.01. The lowest BCUT2D eigenvalue weighted by molar-refractivity contribution is 0.194.